The quantitative estimate of drug-likeness (QED) is 0.468. The Morgan fingerprint density at radius 2 is 2.00 bits per heavy atom. The highest BCUT2D eigenvalue weighted by molar-refractivity contribution is 7.69. The van der Waals surface area contributed by atoms with E-state index in [-0.39, 0.29) is 17.7 Å². The first-order valence-electron chi connectivity index (χ1n) is 5.09. The molecular weight excluding hydrogens is 243 g/mol. The molecule has 0 aliphatic heterocycles. The minimum atomic E-state index is -2.55. The fraction of sp³-hybridized carbons (Fsp3) is 0.500. The van der Waals surface area contributed by atoms with Crippen LogP contribution in [0, 0.1) is 10.1 Å². The van der Waals surface area contributed by atoms with Crippen LogP contribution in [0.3, 0.4) is 0 Å². The van der Waals surface area contributed by atoms with Gasteiger partial charge in [-0.2, -0.15) is 0 Å². The Labute approximate surface area is 99.5 Å². The van der Waals surface area contributed by atoms with Crippen LogP contribution < -0.4 is 10.2 Å². The molecule has 0 unspecified atom stereocenters. The van der Waals surface area contributed by atoms with Crippen molar-refractivity contribution in [1.29, 1.82) is 0 Å². The summed E-state index contributed by atoms with van der Waals surface area (Å²) in [6, 6.07) is 2.69. The third kappa shape index (κ3) is 3.53. The lowest BCUT2D eigenvalue weighted by atomic mass is 10.4. The number of ether oxygens (including phenoxy) is 1. The second-order valence-electron chi connectivity index (χ2n) is 4.27. The normalized spacial score (nSPS) is 11.6. The van der Waals surface area contributed by atoms with E-state index in [1.165, 1.54) is 12.1 Å². The van der Waals surface area contributed by atoms with Crippen molar-refractivity contribution in [2.24, 2.45) is 0 Å². The topological polar surface area (TPSA) is 82.3 Å². The lowest BCUT2D eigenvalue weighted by molar-refractivity contribution is -0.386. The molecule has 0 amide bonds. The first-order valence-corrected chi connectivity index (χ1v) is 7.69. The summed E-state index contributed by atoms with van der Waals surface area (Å²) in [5, 5.41) is 10.8. The number of nitrogens with zero attached hydrogens (tertiary/aromatic N) is 2. The van der Waals surface area contributed by atoms with E-state index in [2.05, 4.69) is 4.98 Å². The SMILES string of the molecule is CC(C)Oc1nc(P(C)(C)=O)ccc1[N+](=O)[O-]. The van der Waals surface area contributed by atoms with Gasteiger partial charge < -0.3 is 9.30 Å². The maximum atomic E-state index is 11.8. The highest BCUT2D eigenvalue weighted by Crippen LogP contribution is 2.36. The summed E-state index contributed by atoms with van der Waals surface area (Å²) in [6.07, 6.45) is -0.232. The van der Waals surface area contributed by atoms with Gasteiger partial charge in [0.15, 0.2) is 0 Å². The molecule has 0 saturated carbocycles. The van der Waals surface area contributed by atoms with Crippen molar-refractivity contribution < 1.29 is 14.2 Å². The maximum Gasteiger partial charge on any atom is 0.331 e. The molecule has 0 atom stereocenters. The highest BCUT2D eigenvalue weighted by atomic mass is 31.2. The van der Waals surface area contributed by atoms with Crippen molar-refractivity contribution in [3.8, 4) is 5.88 Å². The van der Waals surface area contributed by atoms with Crippen molar-refractivity contribution in [1.82, 2.24) is 4.98 Å². The van der Waals surface area contributed by atoms with Crippen LogP contribution in [0.15, 0.2) is 12.1 Å². The Hall–Kier alpha value is -1.42. The fourth-order valence-corrected chi connectivity index (χ4v) is 1.94. The van der Waals surface area contributed by atoms with E-state index >= 15 is 0 Å². The third-order valence-electron chi connectivity index (χ3n) is 1.92. The molecule has 0 radical (unpaired) electrons. The van der Waals surface area contributed by atoms with Gasteiger partial charge in [-0.25, -0.2) is 4.98 Å². The molecule has 0 fully saturated rings. The van der Waals surface area contributed by atoms with Crippen LogP contribution in [0.5, 0.6) is 5.88 Å². The Morgan fingerprint density at radius 1 is 1.41 bits per heavy atom. The van der Waals surface area contributed by atoms with E-state index in [1.807, 2.05) is 0 Å². The summed E-state index contributed by atoms with van der Waals surface area (Å²) in [6.45, 7) is 6.60. The number of nitro groups is 1. The van der Waals surface area contributed by atoms with Crippen LogP contribution in [0.2, 0.25) is 0 Å². The fourth-order valence-electron chi connectivity index (χ4n) is 1.17. The smallest absolute Gasteiger partial charge is 0.331 e. The molecule has 1 heterocycles. The van der Waals surface area contributed by atoms with Crippen molar-refractivity contribution >= 4 is 18.3 Å². The Kier molecular flexibility index (Phi) is 3.88. The number of hydrogen-bond acceptors (Lipinski definition) is 5. The molecular formula is C10H15N2O4P. The molecule has 17 heavy (non-hydrogen) atoms. The lowest BCUT2D eigenvalue weighted by Crippen LogP contribution is -2.15. The van der Waals surface area contributed by atoms with Crippen LogP contribution in [-0.2, 0) is 4.57 Å². The Balaban J connectivity index is 3.29. The zero-order valence-electron chi connectivity index (χ0n) is 10.2. The van der Waals surface area contributed by atoms with Gasteiger partial charge in [0.2, 0.25) is 0 Å². The first-order chi connectivity index (χ1) is 7.71. The minimum Gasteiger partial charge on any atom is -0.470 e. The van der Waals surface area contributed by atoms with E-state index < -0.39 is 12.1 Å². The van der Waals surface area contributed by atoms with Crippen LogP contribution in [0.4, 0.5) is 5.69 Å². The van der Waals surface area contributed by atoms with Gasteiger partial charge in [-0.15, -0.1) is 0 Å². The Morgan fingerprint density at radius 3 is 2.41 bits per heavy atom. The van der Waals surface area contributed by atoms with Gasteiger partial charge in [0.25, 0.3) is 5.88 Å². The monoisotopic (exact) mass is 258 g/mol. The van der Waals surface area contributed by atoms with E-state index in [0.717, 1.165) is 0 Å². The van der Waals surface area contributed by atoms with Gasteiger partial charge in [0, 0.05) is 6.07 Å². The van der Waals surface area contributed by atoms with Gasteiger partial charge in [-0.05, 0) is 33.2 Å². The van der Waals surface area contributed by atoms with Gasteiger partial charge in [-0.3, -0.25) is 10.1 Å². The summed E-state index contributed by atoms with van der Waals surface area (Å²) < 4.78 is 17.1. The van der Waals surface area contributed by atoms with Crippen molar-refractivity contribution in [3.63, 3.8) is 0 Å². The molecule has 0 aliphatic rings. The van der Waals surface area contributed by atoms with Crippen LogP contribution in [0.25, 0.3) is 0 Å². The maximum absolute atomic E-state index is 11.8. The van der Waals surface area contributed by atoms with Crippen molar-refractivity contribution in [3.05, 3.63) is 22.2 Å². The van der Waals surface area contributed by atoms with E-state index in [4.69, 9.17) is 4.74 Å². The van der Waals surface area contributed by atoms with E-state index in [1.54, 1.807) is 27.2 Å². The molecule has 6 nitrogen and oxygen atoms in total. The lowest BCUT2D eigenvalue weighted by Gasteiger charge is -2.11. The molecule has 0 aromatic carbocycles. The minimum absolute atomic E-state index is 0.0774. The molecule has 0 aliphatic carbocycles. The molecule has 1 aromatic rings. The predicted octanol–water partition coefficient (Wildman–Crippen LogP) is 2.02. The summed E-state index contributed by atoms with van der Waals surface area (Å²) in [5.74, 6) is -0.0774. The number of hydrogen-bond donors (Lipinski definition) is 0. The van der Waals surface area contributed by atoms with Crippen LogP contribution in [0.1, 0.15) is 13.8 Å². The Bertz CT molecular complexity index is 481. The second kappa shape index (κ2) is 4.84. The third-order valence-corrected chi connectivity index (χ3v) is 3.27. The molecule has 1 rings (SSSR count). The number of pyridine rings is 1. The summed E-state index contributed by atoms with van der Waals surface area (Å²) in [7, 11) is -2.55. The highest BCUT2D eigenvalue weighted by Gasteiger charge is 2.22. The largest absolute Gasteiger partial charge is 0.470 e. The van der Waals surface area contributed by atoms with E-state index in [9.17, 15) is 14.7 Å². The van der Waals surface area contributed by atoms with Crippen molar-refractivity contribution in [2.45, 2.75) is 20.0 Å². The second-order valence-corrected chi connectivity index (χ2v) is 7.43. The van der Waals surface area contributed by atoms with Gasteiger partial charge in [0.1, 0.15) is 12.6 Å². The van der Waals surface area contributed by atoms with E-state index in [0.29, 0.717) is 5.44 Å². The average molecular weight is 258 g/mol. The standard InChI is InChI=1S/C10H15N2O4P/c1-7(2)16-10-8(12(13)14)5-6-9(11-10)17(3,4)15/h5-7H,1-4H3. The van der Waals surface area contributed by atoms with Gasteiger partial charge in [0.05, 0.1) is 11.0 Å². The molecule has 7 heteroatoms. The van der Waals surface area contributed by atoms with Crippen molar-refractivity contribution in [2.75, 3.05) is 13.3 Å². The van der Waals surface area contributed by atoms with Crippen LogP contribution >= 0.6 is 7.14 Å². The molecule has 0 bridgehead atoms. The first kappa shape index (κ1) is 13.6. The molecule has 1 aromatic heterocycles. The summed E-state index contributed by atoms with van der Waals surface area (Å²) >= 11 is 0. The summed E-state index contributed by atoms with van der Waals surface area (Å²) in [5.41, 5.74) is 0.120. The number of rotatable bonds is 4. The zero-order valence-corrected chi connectivity index (χ0v) is 11.1. The zero-order chi connectivity index (χ0) is 13.2. The molecule has 0 spiro atoms. The van der Waals surface area contributed by atoms with Gasteiger partial charge >= 0.3 is 5.69 Å². The number of aromatic nitrogens is 1. The molecule has 94 valence electrons. The van der Waals surface area contributed by atoms with Crippen LogP contribution in [-0.4, -0.2) is 29.3 Å². The molecule has 0 saturated heterocycles. The average Bonchev–Trinajstić information content (AvgIpc) is 2.14. The predicted molar refractivity (Wildman–Crippen MR) is 65.7 cm³/mol. The molecule has 0 N–H and O–H groups in total. The summed E-state index contributed by atoms with van der Waals surface area (Å²) in [4.78, 5) is 14.2. The van der Waals surface area contributed by atoms with Gasteiger partial charge in [-0.1, -0.05) is 0 Å².